The summed E-state index contributed by atoms with van der Waals surface area (Å²) >= 11 is 0. The fraction of sp³-hybridized carbons (Fsp3) is 0.0588. The molecule has 0 fully saturated rings. The zero-order valence-corrected chi connectivity index (χ0v) is 31.3. The van der Waals surface area contributed by atoms with E-state index < -0.39 is 0 Å². The molecule has 0 aliphatic carbocycles. The number of hydrogen-bond donors (Lipinski definition) is 0. The molecule has 6 heterocycles. The molecular weight excluding hydrogens is 697 g/mol. The predicted molar refractivity (Wildman–Crippen MR) is 234 cm³/mol. The third-order valence-electron chi connectivity index (χ3n) is 11.6. The number of pyridine rings is 3. The molecule has 5 aromatic carbocycles. The minimum Gasteiger partial charge on any atom is -0.309 e. The Morgan fingerprint density at radius 1 is 0.474 bits per heavy atom. The molecule has 6 nitrogen and oxygen atoms in total. The van der Waals surface area contributed by atoms with E-state index in [1.54, 1.807) is 0 Å². The van der Waals surface area contributed by atoms with E-state index in [0.717, 1.165) is 72.7 Å². The summed E-state index contributed by atoms with van der Waals surface area (Å²) in [5, 5.41) is 4.55. The van der Waals surface area contributed by atoms with E-state index >= 15 is 0 Å². The fourth-order valence-corrected chi connectivity index (χ4v) is 8.93. The highest BCUT2D eigenvalue weighted by atomic mass is 15.0. The minimum absolute atomic E-state index is 0.175. The molecule has 0 saturated carbocycles. The summed E-state index contributed by atoms with van der Waals surface area (Å²) in [5.74, 6) is 0. The molecule has 0 N–H and O–H groups in total. The van der Waals surface area contributed by atoms with E-state index in [-0.39, 0.29) is 5.41 Å². The fourth-order valence-electron chi connectivity index (χ4n) is 8.93. The Balaban J connectivity index is 1.06. The summed E-state index contributed by atoms with van der Waals surface area (Å²) < 4.78 is 4.73. The number of aliphatic imine (C=N–C) groups is 1. The van der Waals surface area contributed by atoms with E-state index in [9.17, 15) is 0 Å². The van der Waals surface area contributed by atoms with Crippen molar-refractivity contribution in [2.24, 2.45) is 4.99 Å². The lowest BCUT2D eigenvalue weighted by atomic mass is 9.76. The molecule has 0 amide bonds. The van der Waals surface area contributed by atoms with Crippen molar-refractivity contribution in [3.05, 3.63) is 188 Å². The van der Waals surface area contributed by atoms with E-state index in [2.05, 4.69) is 176 Å². The largest absolute Gasteiger partial charge is 0.309 e. The molecule has 6 heteroatoms. The molecule has 57 heavy (non-hydrogen) atoms. The molecular formula is C51H36N6. The molecule has 0 radical (unpaired) electrons. The third kappa shape index (κ3) is 5.33. The average Bonchev–Trinajstić information content (AvgIpc) is 3.79. The summed E-state index contributed by atoms with van der Waals surface area (Å²) in [6, 6.07) is 48.1. The molecule has 1 atom stereocenters. The molecule has 10 aromatic rings. The molecule has 1 aliphatic rings. The van der Waals surface area contributed by atoms with Crippen LogP contribution in [0.2, 0.25) is 0 Å². The lowest BCUT2D eigenvalue weighted by molar-refractivity contribution is 0.657. The zero-order chi connectivity index (χ0) is 37.9. The quantitative estimate of drug-likeness (QED) is 0.171. The maximum Gasteiger partial charge on any atom is 0.0571 e. The highest BCUT2D eigenvalue weighted by molar-refractivity contribution is 6.12. The first-order valence-corrected chi connectivity index (χ1v) is 19.3. The molecule has 0 spiro atoms. The van der Waals surface area contributed by atoms with E-state index in [0.29, 0.717) is 0 Å². The Morgan fingerprint density at radius 3 is 1.67 bits per heavy atom. The number of allylic oxidation sites excluding steroid dienone is 1. The lowest BCUT2D eigenvalue weighted by Gasteiger charge is -2.28. The van der Waals surface area contributed by atoms with Crippen LogP contribution in [-0.2, 0) is 5.41 Å². The van der Waals surface area contributed by atoms with Crippen molar-refractivity contribution in [1.29, 1.82) is 0 Å². The van der Waals surface area contributed by atoms with Crippen LogP contribution in [0.25, 0.3) is 88.4 Å². The SMILES string of the molecule is CC1(c2ccccc2-c2ccc3c(c2)c2cnccc2n3-c2cccc(-n3c4ccncc4c4cc(-c5ccccc5-c5cccnc5)ccc43)c2)C=NC=CC1. The lowest BCUT2D eigenvalue weighted by Crippen LogP contribution is -2.25. The van der Waals surface area contributed by atoms with Crippen molar-refractivity contribution in [2.75, 3.05) is 0 Å². The highest BCUT2D eigenvalue weighted by Gasteiger charge is 2.28. The summed E-state index contributed by atoms with van der Waals surface area (Å²) in [4.78, 5) is 18.1. The molecule has 1 unspecified atom stereocenters. The van der Waals surface area contributed by atoms with Gasteiger partial charge in [-0.15, -0.1) is 0 Å². The van der Waals surface area contributed by atoms with Gasteiger partial charge in [-0.05, 0) is 100 Å². The highest BCUT2D eigenvalue weighted by Crippen LogP contribution is 2.41. The van der Waals surface area contributed by atoms with Crippen LogP contribution in [0.5, 0.6) is 0 Å². The molecule has 0 bridgehead atoms. The number of rotatable bonds is 6. The van der Waals surface area contributed by atoms with Gasteiger partial charge in [0.25, 0.3) is 0 Å². The topological polar surface area (TPSA) is 60.9 Å². The van der Waals surface area contributed by atoms with Crippen LogP contribution in [0.3, 0.4) is 0 Å². The first-order valence-electron chi connectivity index (χ1n) is 19.3. The van der Waals surface area contributed by atoms with Gasteiger partial charge in [0.2, 0.25) is 0 Å². The monoisotopic (exact) mass is 732 g/mol. The van der Waals surface area contributed by atoms with Crippen molar-refractivity contribution < 1.29 is 0 Å². The maximum atomic E-state index is 4.60. The van der Waals surface area contributed by atoms with Gasteiger partial charge in [-0.2, -0.15) is 0 Å². The van der Waals surface area contributed by atoms with Crippen LogP contribution < -0.4 is 0 Å². The van der Waals surface area contributed by atoms with Gasteiger partial charge in [0, 0.05) is 93.5 Å². The number of nitrogens with zero attached hydrogens (tertiary/aromatic N) is 6. The number of benzene rings is 5. The first-order chi connectivity index (χ1) is 28.1. The Labute approximate surface area is 329 Å². The van der Waals surface area contributed by atoms with Gasteiger partial charge in [0.05, 0.1) is 22.1 Å². The van der Waals surface area contributed by atoms with Crippen molar-refractivity contribution in [1.82, 2.24) is 24.1 Å². The van der Waals surface area contributed by atoms with Crippen molar-refractivity contribution >= 4 is 49.8 Å². The summed E-state index contributed by atoms with van der Waals surface area (Å²) in [7, 11) is 0. The van der Waals surface area contributed by atoms with Crippen LogP contribution in [0, 0.1) is 0 Å². The summed E-state index contributed by atoms with van der Waals surface area (Å²) in [6.45, 7) is 2.27. The Kier molecular flexibility index (Phi) is 7.57. The van der Waals surface area contributed by atoms with Crippen molar-refractivity contribution in [3.63, 3.8) is 0 Å². The van der Waals surface area contributed by atoms with Gasteiger partial charge in [-0.3, -0.25) is 19.9 Å². The van der Waals surface area contributed by atoms with Crippen LogP contribution in [0.1, 0.15) is 18.9 Å². The van der Waals surface area contributed by atoms with Crippen LogP contribution in [0.4, 0.5) is 0 Å². The first kappa shape index (κ1) is 32.9. The van der Waals surface area contributed by atoms with Gasteiger partial charge >= 0.3 is 0 Å². The second-order valence-corrected chi connectivity index (χ2v) is 15.1. The maximum absolute atomic E-state index is 4.60. The molecule has 1 aliphatic heterocycles. The van der Waals surface area contributed by atoms with Gasteiger partial charge in [0.1, 0.15) is 0 Å². The zero-order valence-electron chi connectivity index (χ0n) is 31.3. The van der Waals surface area contributed by atoms with Gasteiger partial charge < -0.3 is 9.13 Å². The predicted octanol–water partition coefficient (Wildman–Crippen LogP) is 12.3. The van der Waals surface area contributed by atoms with Gasteiger partial charge in [-0.1, -0.05) is 85.8 Å². The Morgan fingerprint density at radius 2 is 1.05 bits per heavy atom. The van der Waals surface area contributed by atoms with Crippen molar-refractivity contribution in [2.45, 2.75) is 18.8 Å². The average molecular weight is 733 g/mol. The number of aromatic nitrogens is 5. The number of hydrogen-bond acceptors (Lipinski definition) is 4. The van der Waals surface area contributed by atoms with E-state index in [1.807, 2.05) is 49.4 Å². The van der Waals surface area contributed by atoms with Gasteiger partial charge in [-0.25, -0.2) is 0 Å². The Bertz CT molecular complexity index is 3240. The third-order valence-corrected chi connectivity index (χ3v) is 11.6. The minimum atomic E-state index is -0.175. The van der Waals surface area contributed by atoms with Crippen LogP contribution >= 0.6 is 0 Å². The standard InChI is InChI=1S/C51H36N6/c1-51(22-8-24-55-33-51)46-15-5-4-14-41(46)35-17-19-48-43(28-35)45-32-54-26-21-50(45)57(48)38-11-6-10-37(29-38)56-47-18-16-34(27-42(47)44-31-53-25-20-49(44)56)39-12-2-3-13-40(39)36-9-7-23-52-30-36/h2-21,23-33H,22H2,1H3. The normalized spacial score (nSPS) is 15.3. The smallest absolute Gasteiger partial charge is 0.0571 e. The second kappa shape index (κ2) is 13.1. The van der Waals surface area contributed by atoms with Gasteiger partial charge in [0.15, 0.2) is 0 Å². The van der Waals surface area contributed by atoms with E-state index in [1.165, 1.54) is 27.6 Å². The molecule has 0 saturated heterocycles. The number of fused-ring (bicyclic) bond motifs is 6. The van der Waals surface area contributed by atoms with Crippen LogP contribution in [-0.4, -0.2) is 30.3 Å². The molecule has 11 rings (SSSR count). The van der Waals surface area contributed by atoms with Crippen LogP contribution in [0.15, 0.2) is 188 Å². The van der Waals surface area contributed by atoms with E-state index in [4.69, 9.17) is 0 Å². The second-order valence-electron chi connectivity index (χ2n) is 15.1. The molecule has 5 aromatic heterocycles. The summed E-state index contributed by atoms with van der Waals surface area (Å²) in [5.41, 5.74) is 14.7. The molecule has 270 valence electrons. The Hall–Kier alpha value is -7.44. The summed E-state index contributed by atoms with van der Waals surface area (Å²) in [6.07, 6.45) is 18.6. The van der Waals surface area contributed by atoms with Crippen molar-refractivity contribution in [3.8, 4) is 44.8 Å².